The van der Waals surface area contributed by atoms with Crippen molar-refractivity contribution in [1.29, 1.82) is 0 Å². The van der Waals surface area contributed by atoms with Crippen LogP contribution in [0, 0.1) is 17.5 Å². The van der Waals surface area contributed by atoms with Gasteiger partial charge in [-0.25, -0.2) is 13.2 Å². The summed E-state index contributed by atoms with van der Waals surface area (Å²) in [5.41, 5.74) is 3.15. The van der Waals surface area contributed by atoms with E-state index < -0.39 is 40.4 Å². The van der Waals surface area contributed by atoms with E-state index in [-0.39, 0.29) is 25.2 Å². The second kappa shape index (κ2) is 5.48. The number of hydrogen-bond acceptors (Lipinski definition) is 3. The first-order chi connectivity index (χ1) is 8.36. The van der Waals surface area contributed by atoms with Crippen LogP contribution >= 0.6 is 12.4 Å². The minimum absolute atomic E-state index is 0. The summed E-state index contributed by atoms with van der Waals surface area (Å²) in [7, 11) is 0. The number of ketones is 1. The lowest BCUT2D eigenvalue weighted by Crippen LogP contribution is -2.53. The highest BCUT2D eigenvalue weighted by Crippen LogP contribution is 2.35. The van der Waals surface area contributed by atoms with Gasteiger partial charge >= 0.3 is 0 Å². The number of halogens is 4. The molecule has 1 aromatic rings. The van der Waals surface area contributed by atoms with E-state index in [9.17, 15) is 23.1 Å². The summed E-state index contributed by atoms with van der Waals surface area (Å²) >= 11 is 0. The minimum Gasteiger partial charge on any atom is -0.385 e. The van der Waals surface area contributed by atoms with Gasteiger partial charge in [-0.3, -0.25) is 4.79 Å². The number of benzene rings is 1. The van der Waals surface area contributed by atoms with Crippen LogP contribution in [0.25, 0.3) is 0 Å². The van der Waals surface area contributed by atoms with Gasteiger partial charge in [0.25, 0.3) is 0 Å². The molecular formula is C12H13ClF3NO2. The molecule has 0 aromatic heterocycles. The van der Waals surface area contributed by atoms with E-state index in [2.05, 4.69) is 0 Å². The van der Waals surface area contributed by atoms with E-state index in [4.69, 9.17) is 5.73 Å². The topological polar surface area (TPSA) is 63.3 Å². The molecule has 0 heterocycles. The molecule has 0 radical (unpaired) electrons. The van der Waals surface area contributed by atoms with Crippen molar-refractivity contribution in [3.8, 4) is 0 Å². The quantitative estimate of drug-likeness (QED) is 0.830. The highest BCUT2D eigenvalue weighted by molar-refractivity contribution is 5.93. The van der Waals surface area contributed by atoms with Crippen molar-refractivity contribution >= 4 is 18.2 Å². The maximum Gasteiger partial charge on any atom is 0.185 e. The number of hydrogen-bond donors (Lipinski definition) is 2. The van der Waals surface area contributed by atoms with Crippen LogP contribution in [0.3, 0.4) is 0 Å². The fourth-order valence-electron chi connectivity index (χ4n) is 2.34. The van der Waals surface area contributed by atoms with Crippen LogP contribution in [0.15, 0.2) is 12.1 Å². The second-order valence-electron chi connectivity index (χ2n) is 4.49. The van der Waals surface area contributed by atoms with Crippen LogP contribution in [0.5, 0.6) is 0 Å². The molecule has 1 saturated carbocycles. The van der Waals surface area contributed by atoms with Gasteiger partial charge in [-0.1, -0.05) is 0 Å². The highest BCUT2D eigenvalue weighted by Gasteiger charge is 2.45. The Labute approximate surface area is 114 Å². The number of Topliss-reactive ketones (excluding diaryl/α,β-unsaturated/α-hetero) is 1. The Morgan fingerprint density at radius 3 is 2.32 bits per heavy atom. The van der Waals surface area contributed by atoms with E-state index in [0.717, 1.165) is 0 Å². The molecule has 0 amide bonds. The van der Waals surface area contributed by atoms with Gasteiger partial charge < -0.3 is 10.8 Å². The van der Waals surface area contributed by atoms with Gasteiger partial charge in [-0.05, 0) is 19.3 Å². The van der Waals surface area contributed by atoms with Crippen LogP contribution < -0.4 is 5.73 Å². The first-order valence-electron chi connectivity index (χ1n) is 5.52. The zero-order valence-electron chi connectivity index (χ0n) is 9.83. The van der Waals surface area contributed by atoms with Crippen molar-refractivity contribution in [1.82, 2.24) is 0 Å². The highest BCUT2D eigenvalue weighted by atomic mass is 35.5. The zero-order valence-corrected chi connectivity index (χ0v) is 10.6. The Bertz CT molecular complexity index is 489. The van der Waals surface area contributed by atoms with Crippen molar-refractivity contribution in [3.63, 3.8) is 0 Å². The van der Waals surface area contributed by atoms with Crippen molar-refractivity contribution in [3.05, 3.63) is 35.1 Å². The smallest absolute Gasteiger partial charge is 0.185 e. The average Bonchev–Trinajstić information content (AvgIpc) is 2.24. The van der Waals surface area contributed by atoms with E-state index in [1.165, 1.54) is 0 Å². The molecule has 1 fully saturated rings. The van der Waals surface area contributed by atoms with E-state index in [1.54, 1.807) is 0 Å². The summed E-state index contributed by atoms with van der Waals surface area (Å²) in [6.45, 7) is 0. The SMILES string of the molecule is Cl.NC1(c2c(F)cc(F)cc2F)CCCC(O)C1=O. The molecule has 2 rings (SSSR count). The van der Waals surface area contributed by atoms with Crippen LogP contribution in [0.1, 0.15) is 24.8 Å². The van der Waals surface area contributed by atoms with Gasteiger partial charge in [0.15, 0.2) is 5.78 Å². The van der Waals surface area contributed by atoms with Crippen molar-refractivity contribution < 1.29 is 23.1 Å². The lowest BCUT2D eigenvalue weighted by molar-refractivity contribution is -0.136. The van der Waals surface area contributed by atoms with Gasteiger partial charge in [-0.15, -0.1) is 12.4 Å². The van der Waals surface area contributed by atoms with E-state index in [0.29, 0.717) is 18.6 Å². The summed E-state index contributed by atoms with van der Waals surface area (Å²) in [4.78, 5) is 11.8. The Hall–Kier alpha value is -1.11. The number of nitrogens with two attached hydrogens (primary N) is 1. The Morgan fingerprint density at radius 1 is 1.26 bits per heavy atom. The summed E-state index contributed by atoms with van der Waals surface area (Å²) in [6, 6.07) is 0.947. The largest absolute Gasteiger partial charge is 0.385 e. The van der Waals surface area contributed by atoms with E-state index in [1.807, 2.05) is 0 Å². The number of rotatable bonds is 1. The van der Waals surface area contributed by atoms with E-state index >= 15 is 0 Å². The van der Waals surface area contributed by atoms with Crippen LogP contribution in [-0.4, -0.2) is 17.0 Å². The van der Waals surface area contributed by atoms with Gasteiger partial charge in [0.05, 0.1) is 5.56 Å². The molecule has 2 unspecified atom stereocenters. The van der Waals surface area contributed by atoms with Crippen molar-refractivity contribution in [2.24, 2.45) is 5.73 Å². The fraction of sp³-hybridized carbons (Fsp3) is 0.417. The lowest BCUT2D eigenvalue weighted by Gasteiger charge is -2.35. The summed E-state index contributed by atoms with van der Waals surface area (Å²) in [5, 5.41) is 9.46. The molecular weight excluding hydrogens is 283 g/mol. The van der Waals surface area contributed by atoms with Crippen molar-refractivity contribution in [2.75, 3.05) is 0 Å². The maximum absolute atomic E-state index is 13.6. The molecule has 7 heteroatoms. The lowest BCUT2D eigenvalue weighted by atomic mass is 9.74. The fourth-order valence-corrected chi connectivity index (χ4v) is 2.34. The molecule has 1 aliphatic carbocycles. The van der Waals surface area contributed by atoms with Gasteiger partial charge in [0, 0.05) is 12.1 Å². The third-order valence-electron chi connectivity index (χ3n) is 3.24. The third-order valence-corrected chi connectivity index (χ3v) is 3.24. The number of aliphatic hydroxyl groups excluding tert-OH is 1. The molecule has 0 spiro atoms. The predicted molar refractivity (Wildman–Crippen MR) is 64.3 cm³/mol. The Kier molecular flexibility index (Phi) is 4.60. The standard InChI is InChI=1S/C12H12F3NO2.ClH/c13-6-4-7(14)10(8(15)5-6)12(16)3-1-2-9(17)11(12)18;/h4-5,9,17H,1-3,16H2;1H. The molecule has 0 aliphatic heterocycles. The van der Waals surface area contributed by atoms with Gasteiger partial charge in [0.2, 0.25) is 0 Å². The van der Waals surface area contributed by atoms with Gasteiger partial charge in [0.1, 0.15) is 29.1 Å². The normalized spacial score (nSPS) is 27.0. The molecule has 2 atom stereocenters. The molecule has 3 nitrogen and oxygen atoms in total. The molecule has 0 bridgehead atoms. The number of carbonyl (C=O) groups excluding carboxylic acids is 1. The first-order valence-corrected chi connectivity index (χ1v) is 5.52. The molecule has 19 heavy (non-hydrogen) atoms. The summed E-state index contributed by atoms with van der Waals surface area (Å²) in [5.74, 6) is -4.34. The van der Waals surface area contributed by atoms with Crippen molar-refractivity contribution in [2.45, 2.75) is 30.9 Å². The number of aliphatic hydroxyl groups is 1. The minimum atomic E-state index is -1.93. The molecule has 1 aromatic carbocycles. The first kappa shape index (κ1) is 15.9. The summed E-state index contributed by atoms with van der Waals surface area (Å²) in [6.07, 6.45) is -0.753. The Morgan fingerprint density at radius 2 is 1.79 bits per heavy atom. The number of carbonyl (C=O) groups is 1. The van der Waals surface area contributed by atoms with Crippen LogP contribution in [-0.2, 0) is 10.3 Å². The van der Waals surface area contributed by atoms with Crippen LogP contribution in [0.4, 0.5) is 13.2 Å². The molecule has 106 valence electrons. The van der Waals surface area contributed by atoms with Crippen LogP contribution in [0.2, 0.25) is 0 Å². The molecule has 3 N–H and O–H groups in total. The zero-order chi connectivity index (χ0) is 13.5. The monoisotopic (exact) mass is 295 g/mol. The predicted octanol–water partition coefficient (Wildman–Crippen LogP) is 1.79. The summed E-state index contributed by atoms with van der Waals surface area (Å²) < 4.78 is 40.1. The van der Waals surface area contributed by atoms with Gasteiger partial charge in [-0.2, -0.15) is 0 Å². The second-order valence-corrected chi connectivity index (χ2v) is 4.49. The Balaban J connectivity index is 0.00000180. The average molecular weight is 296 g/mol. The third kappa shape index (κ3) is 2.61. The molecule has 1 aliphatic rings. The molecule has 0 saturated heterocycles. The maximum atomic E-state index is 13.6.